The number of rotatable bonds is 3. The van der Waals surface area contributed by atoms with E-state index in [4.69, 9.17) is 0 Å². The molecule has 2 fully saturated rings. The Bertz CT molecular complexity index is 509. The van der Waals surface area contributed by atoms with Gasteiger partial charge in [0.25, 0.3) is 0 Å². The molecule has 2 heterocycles. The van der Waals surface area contributed by atoms with E-state index in [1.807, 2.05) is 35.2 Å². The van der Waals surface area contributed by atoms with Crippen molar-refractivity contribution < 1.29 is 9.90 Å². The highest BCUT2D eigenvalue weighted by molar-refractivity contribution is 5.85. The molecule has 1 aromatic carbocycles. The van der Waals surface area contributed by atoms with Gasteiger partial charge in [0.2, 0.25) is 5.91 Å². The van der Waals surface area contributed by atoms with Gasteiger partial charge in [-0.3, -0.25) is 4.79 Å². The lowest BCUT2D eigenvalue weighted by Gasteiger charge is -2.38. The molecule has 0 radical (unpaired) electrons. The summed E-state index contributed by atoms with van der Waals surface area (Å²) < 4.78 is 0. The second-order valence-electron chi connectivity index (χ2n) is 6.97. The molecule has 0 aromatic heterocycles. The summed E-state index contributed by atoms with van der Waals surface area (Å²) in [5, 5.41) is 13.8. The first kappa shape index (κ1) is 18.2. The maximum Gasteiger partial charge on any atom is 0.229 e. The summed E-state index contributed by atoms with van der Waals surface area (Å²) in [5.74, 6) is 0.533. The Morgan fingerprint density at radius 3 is 2.52 bits per heavy atom. The van der Waals surface area contributed by atoms with Gasteiger partial charge in [-0.2, -0.15) is 0 Å². The summed E-state index contributed by atoms with van der Waals surface area (Å²) in [6.07, 6.45) is 2.27. The Labute approximate surface area is 144 Å². The molecule has 1 aromatic rings. The fourth-order valence-electron chi connectivity index (χ4n) is 3.72. The van der Waals surface area contributed by atoms with E-state index >= 15 is 0 Å². The van der Waals surface area contributed by atoms with Crippen LogP contribution in [-0.4, -0.2) is 42.1 Å². The molecule has 2 atom stereocenters. The van der Waals surface area contributed by atoms with Gasteiger partial charge in [-0.15, -0.1) is 12.4 Å². The number of likely N-dealkylation sites (tertiary alicyclic amines) is 1. The third kappa shape index (κ3) is 3.87. The molecule has 0 saturated carbocycles. The van der Waals surface area contributed by atoms with Gasteiger partial charge in [-0.1, -0.05) is 30.3 Å². The van der Waals surface area contributed by atoms with Crippen molar-refractivity contribution in [3.63, 3.8) is 0 Å². The third-order valence-electron chi connectivity index (χ3n) is 5.30. The van der Waals surface area contributed by atoms with Crippen LogP contribution in [0.3, 0.4) is 0 Å². The average molecular weight is 339 g/mol. The Hall–Kier alpha value is -1.10. The Kier molecular flexibility index (Phi) is 6.06. The van der Waals surface area contributed by atoms with Crippen LogP contribution in [0.15, 0.2) is 30.3 Å². The number of nitrogens with one attached hydrogen (secondary N) is 1. The zero-order chi connectivity index (χ0) is 15.6. The number of nitrogens with zero attached hydrogens (tertiary/aromatic N) is 1. The molecular weight excluding hydrogens is 312 g/mol. The second-order valence-corrected chi connectivity index (χ2v) is 6.97. The summed E-state index contributed by atoms with van der Waals surface area (Å²) >= 11 is 0. The van der Waals surface area contributed by atoms with E-state index in [0.717, 1.165) is 51.0 Å². The van der Waals surface area contributed by atoms with Crippen molar-refractivity contribution in [1.82, 2.24) is 10.2 Å². The first-order chi connectivity index (χ1) is 10.6. The zero-order valence-corrected chi connectivity index (χ0v) is 14.5. The fourth-order valence-corrected chi connectivity index (χ4v) is 3.72. The first-order valence-corrected chi connectivity index (χ1v) is 8.33. The molecule has 0 aliphatic carbocycles. The maximum atomic E-state index is 12.7. The summed E-state index contributed by atoms with van der Waals surface area (Å²) in [6.45, 7) is 5.33. The standard InChI is InChI=1S/C18H26N2O2.ClH/c1-18(9-10-19-13-18)17(22)20-11-7-15(8-12-20)16(21)14-5-3-2-4-6-14;/h2-6,15-16,19,21H,7-13H2,1H3;1H. The SMILES string of the molecule is CC1(C(=O)N2CCC(C(O)c3ccccc3)CC2)CCNC1.Cl. The van der Waals surface area contributed by atoms with Crippen molar-refractivity contribution in [3.8, 4) is 0 Å². The van der Waals surface area contributed by atoms with Gasteiger partial charge in [0, 0.05) is 19.6 Å². The van der Waals surface area contributed by atoms with E-state index < -0.39 is 6.10 Å². The highest BCUT2D eigenvalue weighted by Gasteiger charge is 2.40. The number of benzene rings is 1. The lowest BCUT2D eigenvalue weighted by Crippen LogP contribution is -2.47. The van der Waals surface area contributed by atoms with Crippen molar-refractivity contribution in [2.24, 2.45) is 11.3 Å². The summed E-state index contributed by atoms with van der Waals surface area (Å²) in [7, 11) is 0. The average Bonchev–Trinajstić information content (AvgIpc) is 3.02. The van der Waals surface area contributed by atoms with Crippen LogP contribution in [-0.2, 0) is 4.79 Å². The van der Waals surface area contributed by atoms with E-state index in [-0.39, 0.29) is 29.6 Å². The number of amides is 1. The van der Waals surface area contributed by atoms with Crippen LogP contribution >= 0.6 is 12.4 Å². The molecule has 2 aliphatic heterocycles. The van der Waals surface area contributed by atoms with Crippen LogP contribution in [0, 0.1) is 11.3 Å². The molecule has 0 bridgehead atoms. The van der Waals surface area contributed by atoms with Crippen LogP contribution in [0.1, 0.15) is 37.9 Å². The maximum absolute atomic E-state index is 12.7. The predicted octanol–water partition coefficient (Wildman–Crippen LogP) is 2.38. The van der Waals surface area contributed by atoms with Crippen molar-refractivity contribution in [2.45, 2.75) is 32.3 Å². The number of carbonyl (C=O) groups is 1. The van der Waals surface area contributed by atoms with Crippen molar-refractivity contribution >= 4 is 18.3 Å². The Morgan fingerprint density at radius 1 is 1.30 bits per heavy atom. The number of halogens is 1. The molecule has 2 N–H and O–H groups in total. The number of carbonyl (C=O) groups excluding carboxylic acids is 1. The Morgan fingerprint density at radius 2 is 1.96 bits per heavy atom. The topological polar surface area (TPSA) is 52.6 Å². The minimum absolute atomic E-state index is 0. The quantitative estimate of drug-likeness (QED) is 0.889. The minimum atomic E-state index is -0.415. The fraction of sp³-hybridized carbons (Fsp3) is 0.611. The van der Waals surface area contributed by atoms with Gasteiger partial charge in [-0.05, 0) is 44.2 Å². The van der Waals surface area contributed by atoms with Gasteiger partial charge in [0.1, 0.15) is 0 Å². The monoisotopic (exact) mass is 338 g/mol. The molecule has 0 spiro atoms. The van der Waals surface area contributed by atoms with Crippen LogP contribution in [0.5, 0.6) is 0 Å². The number of hydrogen-bond acceptors (Lipinski definition) is 3. The summed E-state index contributed by atoms with van der Waals surface area (Å²) in [5.41, 5.74) is 0.754. The molecular formula is C18H27ClN2O2. The van der Waals surface area contributed by atoms with E-state index in [1.165, 1.54) is 0 Å². The van der Waals surface area contributed by atoms with Crippen molar-refractivity contribution in [1.29, 1.82) is 0 Å². The van der Waals surface area contributed by atoms with Gasteiger partial charge >= 0.3 is 0 Å². The van der Waals surface area contributed by atoms with Crippen LogP contribution in [0.25, 0.3) is 0 Å². The molecule has 2 unspecified atom stereocenters. The zero-order valence-electron chi connectivity index (χ0n) is 13.7. The second kappa shape index (κ2) is 7.65. The Balaban J connectivity index is 0.00000192. The highest BCUT2D eigenvalue weighted by atomic mass is 35.5. The molecule has 23 heavy (non-hydrogen) atoms. The van der Waals surface area contributed by atoms with Crippen LogP contribution in [0.4, 0.5) is 0 Å². The molecule has 1 amide bonds. The number of piperidine rings is 1. The molecule has 2 aliphatic rings. The van der Waals surface area contributed by atoms with E-state index in [1.54, 1.807) is 0 Å². The molecule has 4 nitrogen and oxygen atoms in total. The molecule has 2 saturated heterocycles. The summed E-state index contributed by atoms with van der Waals surface area (Å²) in [4.78, 5) is 14.7. The van der Waals surface area contributed by atoms with E-state index in [2.05, 4.69) is 12.2 Å². The lowest BCUT2D eigenvalue weighted by atomic mass is 9.84. The van der Waals surface area contributed by atoms with Gasteiger partial charge in [-0.25, -0.2) is 0 Å². The lowest BCUT2D eigenvalue weighted by molar-refractivity contribution is -0.142. The minimum Gasteiger partial charge on any atom is -0.388 e. The predicted molar refractivity (Wildman–Crippen MR) is 93.5 cm³/mol. The molecule has 5 heteroatoms. The number of hydrogen-bond donors (Lipinski definition) is 2. The van der Waals surface area contributed by atoms with Crippen LogP contribution in [0.2, 0.25) is 0 Å². The smallest absolute Gasteiger partial charge is 0.229 e. The number of aliphatic hydroxyl groups is 1. The van der Waals surface area contributed by atoms with E-state index in [9.17, 15) is 9.90 Å². The van der Waals surface area contributed by atoms with Gasteiger partial charge in [0.15, 0.2) is 0 Å². The van der Waals surface area contributed by atoms with Crippen molar-refractivity contribution in [2.75, 3.05) is 26.2 Å². The summed E-state index contributed by atoms with van der Waals surface area (Å²) in [6, 6.07) is 9.85. The highest BCUT2D eigenvalue weighted by Crippen LogP contribution is 2.33. The number of aliphatic hydroxyl groups excluding tert-OH is 1. The third-order valence-corrected chi connectivity index (χ3v) is 5.30. The normalized spacial score (nSPS) is 26.6. The largest absolute Gasteiger partial charge is 0.388 e. The molecule has 3 rings (SSSR count). The molecule has 128 valence electrons. The van der Waals surface area contributed by atoms with Crippen molar-refractivity contribution in [3.05, 3.63) is 35.9 Å². The van der Waals surface area contributed by atoms with Gasteiger partial charge < -0.3 is 15.3 Å². The first-order valence-electron chi connectivity index (χ1n) is 8.33. The van der Waals surface area contributed by atoms with E-state index in [0.29, 0.717) is 0 Å². The van der Waals surface area contributed by atoms with Gasteiger partial charge in [0.05, 0.1) is 11.5 Å². The van der Waals surface area contributed by atoms with Crippen LogP contribution < -0.4 is 5.32 Å².